The molecule has 1 aliphatic heterocycles. The average Bonchev–Trinajstić information content (AvgIpc) is 3.19. The summed E-state index contributed by atoms with van der Waals surface area (Å²) >= 11 is 0. The van der Waals surface area contributed by atoms with Crippen molar-refractivity contribution in [3.05, 3.63) is 48.2 Å². The van der Waals surface area contributed by atoms with Gasteiger partial charge in [-0.15, -0.1) is 0 Å². The third-order valence-corrected chi connectivity index (χ3v) is 7.70. The van der Waals surface area contributed by atoms with Gasteiger partial charge in [0.05, 0.1) is 47.6 Å². The van der Waals surface area contributed by atoms with Crippen molar-refractivity contribution in [1.29, 1.82) is 0 Å². The van der Waals surface area contributed by atoms with Gasteiger partial charge in [0.15, 0.2) is 9.84 Å². The molecule has 2 heterocycles. The van der Waals surface area contributed by atoms with Gasteiger partial charge in [-0.25, -0.2) is 8.42 Å². The van der Waals surface area contributed by atoms with Gasteiger partial charge in [0.2, 0.25) is 0 Å². The van der Waals surface area contributed by atoms with Crippen molar-refractivity contribution in [2.24, 2.45) is 0 Å². The van der Waals surface area contributed by atoms with Crippen LogP contribution in [0.15, 0.2) is 47.4 Å². The quantitative estimate of drug-likeness (QED) is 0.378. The molecule has 1 aromatic heterocycles. The van der Waals surface area contributed by atoms with Crippen LogP contribution in [0.1, 0.15) is 12.1 Å². The second kappa shape index (κ2) is 11.4. The summed E-state index contributed by atoms with van der Waals surface area (Å²) in [7, 11) is -0.0809. The van der Waals surface area contributed by atoms with Crippen LogP contribution in [0.5, 0.6) is 5.75 Å². The number of β-amino-alcohol motifs (C(OH)–C–C–N with tert-alkyl or cyclic N) is 1. The Morgan fingerprint density at radius 2 is 1.95 bits per heavy atom. The number of aromatic nitrogens is 1. The Morgan fingerprint density at radius 1 is 1.18 bits per heavy atom. The summed E-state index contributed by atoms with van der Waals surface area (Å²) in [6, 6.07) is 10.9. The number of nitrogens with one attached hydrogen (secondary N) is 2. The molecule has 0 spiro atoms. The first-order valence-electron chi connectivity index (χ1n) is 12.3. The topological polar surface area (TPSA) is 95.8 Å². The lowest BCUT2D eigenvalue weighted by atomic mass is 10.0. The number of hydrogen-bond donors (Lipinski definition) is 3. The first-order chi connectivity index (χ1) is 18.4. The highest BCUT2D eigenvalue weighted by Gasteiger charge is 2.30. The van der Waals surface area contributed by atoms with E-state index in [4.69, 9.17) is 4.74 Å². The summed E-state index contributed by atoms with van der Waals surface area (Å²) in [6.45, 7) is 0.184. The first-order valence-corrected chi connectivity index (χ1v) is 14.2. The summed E-state index contributed by atoms with van der Waals surface area (Å²) in [5, 5.41) is 17.4. The number of nitrogens with zero attached hydrogens (tertiary/aromatic N) is 2. The molecule has 0 amide bonds. The van der Waals surface area contributed by atoms with Crippen molar-refractivity contribution < 1.29 is 31.4 Å². The smallest absolute Gasteiger partial charge is 0.406 e. The molecular formula is C27H31F3N4O4S. The molecule has 0 unspecified atom stereocenters. The predicted octanol–water partition coefficient (Wildman–Crippen LogP) is 3.56. The Balaban J connectivity index is 1.61. The number of benzene rings is 2. The largest absolute Gasteiger partial charge is 0.495 e. The van der Waals surface area contributed by atoms with E-state index in [-0.39, 0.29) is 23.2 Å². The van der Waals surface area contributed by atoms with Crippen LogP contribution in [0.25, 0.3) is 10.9 Å². The van der Waals surface area contributed by atoms with Gasteiger partial charge in [-0.05, 0) is 56.3 Å². The minimum absolute atomic E-state index is 0.0784. The molecule has 8 nitrogen and oxygen atoms in total. The number of rotatable bonds is 7. The number of alkyl halides is 3. The van der Waals surface area contributed by atoms with Crippen LogP contribution >= 0.6 is 0 Å². The van der Waals surface area contributed by atoms with Crippen molar-refractivity contribution >= 4 is 32.1 Å². The Kier molecular flexibility index (Phi) is 8.34. The van der Waals surface area contributed by atoms with Crippen LogP contribution in [0, 0.1) is 11.8 Å². The fourth-order valence-corrected chi connectivity index (χ4v) is 5.28. The lowest BCUT2D eigenvalue weighted by molar-refractivity contribution is -0.140. The summed E-state index contributed by atoms with van der Waals surface area (Å²) in [4.78, 5) is 2.13. The van der Waals surface area contributed by atoms with Gasteiger partial charge in [0.25, 0.3) is 0 Å². The maximum absolute atomic E-state index is 13.5. The highest BCUT2D eigenvalue weighted by atomic mass is 32.2. The SMILES string of the molecule is COc1cc(S(C)(=O)=O)ccc1NCC#Cc1cc2c(N[C@H]3CCN(C)C[C@H]3O)cccc2n1CC(F)(F)F. The van der Waals surface area contributed by atoms with Crippen LogP contribution in [-0.4, -0.2) is 81.4 Å². The lowest BCUT2D eigenvalue weighted by Crippen LogP contribution is -2.48. The van der Waals surface area contributed by atoms with Gasteiger partial charge in [0.1, 0.15) is 12.3 Å². The molecule has 3 N–H and O–H groups in total. The molecule has 3 aromatic rings. The predicted molar refractivity (Wildman–Crippen MR) is 145 cm³/mol. The van der Waals surface area contributed by atoms with E-state index in [1.807, 2.05) is 11.9 Å². The van der Waals surface area contributed by atoms with E-state index >= 15 is 0 Å². The maximum Gasteiger partial charge on any atom is 0.406 e. The zero-order chi connectivity index (χ0) is 28.4. The van der Waals surface area contributed by atoms with Crippen LogP contribution in [0.4, 0.5) is 24.5 Å². The van der Waals surface area contributed by atoms with Crippen LogP contribution in [0.3, 0.4) is 0 Å². The van der Waals surface area contributed by atoms with Crippen LogP contribution < -0.4 is 15.4 Å². The minimum Gasteiger partial charge on any atom is -0.495 e. The number of aliphatic hydroxyl groups excluding tert-OH is 1. The molecule has 1 fully saturated rings. The number of hydrogen-bond acceptors (Lipinski definition) is 7. The van der Waals surface area contributed by atoms with E-state index in [1.165, 1.54) is 19.2 Å². The van der Waals surface area contributed by atoms with Crippen molar-refractivity contribution in [2.75, 3.05) is 50.7 Å². The molecule has 0 bridgehead atoms. The van der Waals surface area contributed by atoms with Crippen molar-refractivity contribution in [1.82, 2.24) is 9.47 Å². The molecule has 2 aromatic carbocycles. The number of likely N-dealkylation sites (N-methyl/N-ethyl adjacent to an activating group) is 1. The molecule has 1 aliphatic rings. The molecular weight excluding hydrogens is 533 g/mol. The number of fused-ring (bicyclic) bond motifs is 1. The van der Waals surface area contributed by atoms with Gasteiger partial charge < -0.3 is 29.9 Å². The number of sulfone groups is 1. The summed E-state index contributed by atoms with van der Waals surface area (Å²) < 4.78 is 70.5. The van der Waals surface area contributed by atoms with Crippen molar-refractivity contribution in [2.45, 2.75) is 36.2 Å². The van der Waals surface area contributed by atoms with E-state index in [0.29, 0.717) is 41.0 Å². The Morgan fingerprint density at radius 3 is 2.62 bits per heavy atom. The van der Waals surface area contributed by atoms with Crippen molar-refractivity contribution in [3.63, 3.8) is 0 Å². The number of likely N-dealkylation sites (tertiary alicyclic amines) is 1. The maximum atomic E-state index is 13.5. The van der Waals surface area contributed by atoms with Gasteiger partial charge in [-0.3, -0.25) is 0 Å². The molecule has 0 saturated carbocycles. The van der Waals surface area contributed by atoms with E-state index < -0.39 is 28.7 Å². The Hall–Kier alpha value is -3.40. The number of ether oxygens (including phenoxy) is 1. The van der Waals surface area contributed by atoms with Gasteiger partial charge in [-0.2, -0.15) is 13.2 Å². The fraction of sp³-hybridized carbons (Fsp3) is 0.407. The monoisotopic (exact) mass is 564 g/mol. The molecule has 2 atom stereocenters. The average molecular weight is 565 g/mol. The van der Waals surface area contributed by atoms with E-state index in [1.54, 1.807) is 30.3 Å². The fourth-order valence-electron chi connectivity index (χ4n) is 4.64. The number of piperidine rings is 1. The van der Waals surface area contributed by atoms with Gasteiger partial charge in [-0.1, -0.05) is 12.0 Å². The lowest BCUT2D eigenvalue weighted by Gasteiger charge is -2.34. The molecule has 39 heavy (non-hydrogen) atoms. The van der Waals surface area contributed by atoms with Gasteiger partial charge >= 0.3 is 6.18 Å². The van der Waals surface area contributed by atoms with E-state index in [0.717, 1.165) is 17.4 Å². The molecule has 1 saturated heterocycles. The number of halogens is 3. The minimum atomic E-state index is -4.46. The van der Waals surface area contributed by atoms with Gasteiger partial charge in [0, 0.05) is 29.9 Å². The van der Waals surface area contributed by atoms with E-state index in [2.05, 4.69) is 22.5 Å². The summed E-state index contributed by atoms with van der Waals surface area (Å²) in [5.74, 6) is 6.00. The molecule has 0 aliphatic carbocycles. The Bertz CT molecular complexity index is 1510. The zero-order valence-corrected chi connectivity index (χ0v) is 22.7. The summed E-state index contributed by atoms with van der Waals surface area (Å²) in [5.41, 5.74) is 1.72. The third-order valence-electron chi connectivity index (χ3n) is 6.59. The number of anilines is 2. The summed E-state index contributed by atoms with van der Waals surface area (Å²) in [6.07, 6.45) is -3.27. The highest BCUT2D eigenvalue weighted by Crippen LogP contribution is 2.31. The van der Waals surface area contributed by atoms with Crippen LogP contribution in [-0.2, 0) is 16.4 Å². The second-order valence-electron chi connectivity index (χ2n) is 9.63. The highest BCUT2D eigenvalue weighted by molar-refractivity contribution is 7.90. The third kappa shape index (κ3) is 6.98. The standard InChI is InChI=1S/C27H31F3N4O4S/c1-33-13-11-22(25(35)16-33)32-21-7-4-8-24-20(21)14-18(34(24)17-27(28,29)30)6-5-12-31-23-10-9-19(39(3,36)37)15-26(23)38-2/h4,7-10,14-15,22,25,31-32,35H,11-13,16-17H2,1-3H3/t22-,25+/m0/s1. The number of aliphatic hydroxyl groups is 1. The Labute approximate surface area is 225 Å². The first kappa shape index (κ1) is 28.6. The second-order valence-corrected chi connectivity index (χ2v) is 11.6. The zero-order valence-electron chi connectivity index (χ0n) is 21.8. The molecule has 12 heteroatoms. The number of methoxy groups -OCH3 is 1. The molecule has 4 rings (SSSR count). The van der Waals surface area contributed by atoms with E-state index in [9.17, 15) is 26.7 Å². The van der Waals surface area contributed by atoms with Crippen molar-refractivity contribution in [3.8, 4) is 17.6 Å². The normalized spacial score (nSPS) is 18.4. The molecule has 210 valence electrons. The van der Waals surface area contributed by atoms with Crippen LogP contribution in [0.2, 0.25) is 0 Å². The molecule has 0 radical (unpaired) electrons.